The second-order valence-corrected chi connectivity index (χ2v) is 3.69. The van der Waals surface area contributed by atoms with Crippen molar-refractivity contribution in [3.63, 3.8) is 0 Å². The highest BCUT2D eigenvalue weighted by atomic mass is 32.1. The van der Waals surface area contributed by atoms with Gasteiger partial charge < -0.3 is 10.4 Å². The minimum absolute atomic E-state index is 0.169. The van der Waals surface area contributed by atoms with E-state index in [-0.39, 0.29) is 5.69 Å². The lowest BCUT2D eigenvalue weighted by molar-refractivity contribution is -0.140. The molecule has 6 nitrogen and oxygen atoms in total. The van der Waals surface area contributed by atoms with Crippen LogP contribution in [0.3, 0.4) is 0 Å². The van der Waals surface area contributed by atoms with Crippen molar-refractivity contribution in [2.45, 2.75) is 18.4 Å². The molecule has 0 unspecified atom stereocenters. The number of carboxylic acid groups (broad SMARTS) is 1. The molecule has 1 amide bonds. The van der Waals surface area contributed by atoms with Gasteiger partial charge in [-0.1, -0.05) is 0 Å². The van der Waals surface area contributed by atoms with Crippen LogP contribution >= 0.6 is 11.7 Å². The highest BCUT2D eigenvalue weighted by molar-refractivity contribution is 6.99. The minimum atomic E-state index is -1.05. The Kier molecular flexibility index (Phi) is 1.95. The van der Waals surface area contributed by atoms with Crippen molar-refractivity contribution in [3.05, 3.63) is 11.9 Å². The van der Waals surface area contributed by atoms with Crippen LogP contribution in [0.1, 0.15) is 23.3 Å². The Morgan fingerprint density at radius 1 is 1.57 bits per heavy atom. The second kappa shape index (κ2) is 3.02. The molecule has 1 aromatic heterocycles. The first-order chi connectivity index (χ1) is 6.64. The average molecular weight is 213 g/mol. The predicted octanol–water partition coefficient (Wildman–Crippen LogP) is -0.115. The molecule has 0 saturated heterocycles. The van der Waals surface area contributed by atoms with Gasteiger partial charge in [-0.25, -0.2) is 4.79 Å². The summed E-state index contributed by atoms with van der Waals surface area (Å²) in [6.07, 6.45) is 2.27. The second-order valence-electron chi connectivity index (χ2n) is 3.13. The number of hydrogen-bond acceptors (Lipinski definition) is 5. The monoisotopic (exact) mass is 213 g/mol. The maximum atomic E-state index is 11.4. The zero-order valence-corrected chi connectivity index (χ0v) is 7.87. The predicted molar refractivity (Wildman–Crippen MR) is 47.0 cm³/mol. The number of amides is 1. The van der Waals surface area contributed by atoms with Crippen LogP contribution in [0, 0.1) is 0 Å². The Bertz CT molecular complexity index is 372. The van der Waals surface area contributed by atoms with Gasteiger partial charge in [0, 0.05) is 0 Å². The molecule has 1 aliphatic rings. The van der Waals surface area contributed by atoms with Gasteiger partial charge in [0.1, 0.15) is 5.54 Å². The standard InChI is InChI=1S/C7H7N3O3S/c11-5(4-3-8-14-10-4)9-7(1-2-7)6(12)13/h3H,1-2H2,(H,9,11)(H,12,13). The topological polar surface area (TPSA) is 92.2 Å². The molecule has 0 atom stereocenters. The number of rotatable bonds is 3. The van der Waals surface area contributed by atoms with Crippen molar-refractivity contribution >= 4 is 23.6 Å². The molecule has 1 aromatic rings. The van der Waals surface area contributed by atoms with Gasteiger partial charge in [-0.3, -0.25) is 4.79 Å². The fraction of sp³-hybridized carbons (Fsp3) is 0.429. The molecule has 2 N–H and O–H groups in total. The van der Waals surface area contributed by atoms with Crippen molar-refractivity contribution < 1.29 is 14.7 Å². The molecule has 0 radical (unpaired) electrons. The molecule has 0 aromatic carbocycles. The van der Waals surface area contributed by atoms with E-state index in [9.17, 15) is 9.59 Å². The van der Waals surface area contributed by atoms with E-state index in [1.54, 1.807) is 0 Å². The molecule has 1 saturated carbocycles. The molecule has 0 bridgehead atoms. The summed E-state index contributed by atoms with van der Waals surface area (Å²) in [5.74, 6) is -1.47. The van der Waals surface area contributed by atoms with E-state index in [2.05, 4.69) is 14.1 Å². The molecule has 0 spiro atoms. The molecule has 2 rings (SSSR count). The van der Waals surface area contributed by atoms with Crippen LogP contribution in [-0.2, 0) is 4.79 Å². The van der Waals surface area contributed by atoms with Crippen molar-refractivity contribution in [3.8, 4) is 0 Å². The van der Waals surface area contributed by atoms with Gasteiger partial charge in [-0.05, 0) is 12.8 Å². The number of hydrogen-bond donors (Lipinski definition) is 2. The van der Waals surface area contributed by atoms with Gasteiger partial charge in [0.2, 0.25) is 0 Å². The Labute approximate surface area is 83.3 Å². The first-order valence-corrected chi connectivity index (χ1v) is 4.70. The first-order valence-electron chi connectivity index (χ1n) is 3.97. The zero-order chi connectivity index (χ0) is 10.2. The van der Waals surface area contributed by atoms with Crippen LogP contribution in [0.2, 0.25) is 0 Å². The number of nitrogens with zero attached hydrogens (tertiary/aromatic N) is 2. The summed E-state index contributed by atoms with van der Waals surface area (Å²) in [6.45, 7) is 0. The van der Waals surface area contributed by atoms with Crippen LogP contribution < -0.4 is 5.32 Å². The number of aromatic nitrogens is 2. The van der Waals surface area contributed by atoms with Gasteiger partial charge in [0.25, 0.3) is 5.91 Å². The van der Waals surface area contributed by atoms with Gasteiger partial charge in [0.05, 0.1) is 17.9 Å². The van der Waals surface area contributed by atoms with Crippen molar-refractivity contribution in [1.82, 2.24) is 14.1 Å². The summed E-state index contributed by atoms with van der Waals surface area (Å²) < 4.78 is 7.37. The quantitative estimate of drug-likeness (QED) is 0.730. The van der Waals surface area contributed by atoms with Gasteiger partial charge in [0.15, 0.2) is 5.69 Å². The number of carbonyl (C=O) groups is 2. The van der Waals surface area contributed by atoms with Crippen LogP contribution in [0.25, 0.3) is 0 Å². The number of nitrogens with one attached hydrogen (secondary N) is 1. The first kappa shape index (κ1) is 9.07. The smallest absolute Gasteiger partial charge is 0.329 e. The Morgan fingerprint density at radius 3 is 2.71 bits per heavy atom. The molecular formula is C7H7N3O3S. The summed E-state index contributed by atoms with van der Waals surface area (Å²) in [6, 6.07) is 0. The SMILES string of the molecule is O=C(NC1(C(=O)O)CC1)c1cnsn1. The van der Waals surface area contributed by atoms with Gasteiger partial charge in [-0.2, -0.15) is 8.75 Å². The highest BCUT2D eigenvalue weighted by Gasteiger charge is 2.51. The maximum Gasteiger partial charge on any atom is 0.329 e. The van der Waals surface area contributed by atoms with Gasteiger partial charge >= 0.3 is 5.97 Å². The Balaban J connectivity index is 2.06. The molecule has 1 fully saturated rings. The largest absolute Gasteiger partial charge is 0.480 e. The molecule has 1 aliphatic carbocycles. The van der Waals surface area contributed by atoms with E-state index < -0.39 is 17.4 Å². The van der Waals surface area contributed by atoms with Gasteiger partial charge in [-0.15, -0.1) is 0 Å². The Morgan fingerprint density at radius 2 is 2.29 bits per heavy atom. The molecule has 74 valence electrons. The van der Waals surface area contributed by atoms with E-state index >= 15 is 0 Å². The summed E-state index contributed by atoms with van der Waals surface area (Å²) in [7, 11) is 0. The summed E-state index contributed by atoms with van der Waals surface area (Å²) in [4.78, 5) is 22.1. The fourth-order valence-electron chi connectivity index (χ4n) is 1.06. The third kappa shape index (κ3) is 1.46. The lowest BCUT2D eigenvalue weighted by Crippen LogP contribution is -2.43. The number of carboxylic acids is 1. The van der Waals surface area contributed by atoms with E-state index in [1.165, 1.54) is 6.20 Å². The normalized spacial score (nSPS) is 17.4. The summed E-state index contributed by atoms with van der Waals surface area (Å²) in [5.41, 5.74) is -0.886. The molecule has 7 heteroatoms. The molecular weight excluding hydrogens is 206 g/mol. The number of aliphatic carboxylic acids is 1. The Hall–Kier alpha value is -1.50. The molecule has 0 aliphatic heterocycles. The van der Waals surface area contributed by atoms with Crippen LogP contribution in [0.5, 0.6) is 0 Å². The minimum Gasteiger partial charge on any atom is -0.480 e. The maximum absolute atomic E-state index is 11.4. The summed E-state index contributed by atoms with van der Waals surface area (Å²) >= 11 is 0.914. The van der Waals surface area contributed by atoms with Crippen molar-refractivity contribution in [2.75, 3.05) is 0 Å². The lowest BCUT2D eigenvalue weighted by atomic mass is 10.2. The van der Waals surface area contributed by atoms with Crippen LogP contribution in [0.4, 0.5) is 0 Å². The van der Waals surface area contributed by atoms with E-state index in [0.29, 0.717) is 12.8 Å². The highest BCUT2D eigenvalue weighted by Crippen LogP contribution is 2.35. The molecule has 1 heterocycles. The van der Waals surface area contributed by atoms with E-state index in [4.69, 9.17) is 5.11 Å². The third-order valence-corrected chi connectivity index (χ3v) is 2.58. The van der Waals surface area contributed by atoms with Crippen LogP contribution in [0.15, 0.2) is 6.20 Å². The van der Waals surface area contributed by atoms with E-state index in [1.807, 2.05) is 0 Å². The third-order valence-electron chi connectivity index (χ3n) is 2.11. The molecule has 14 heavy (non-hydrogen) atoms. The van der Waals surface area contributed by atoms with Crippen molar-refractivity contribution in [2.24, 2.45) is 0 Å². The lowest BCUT2D eigenvalue weighted by Gasteiger charge is -2.10. The fourth-order valence-corrected chi connectivity index (χ4v) is 1.48. The van der Waals surface area contributed by atoms with E-state index in [0.717, 1.165) is 11.7 Å². The summed E-state index contributed by atoms with van der Waals surface area (Å²) in [5, 5.41) is 11.2. The average Bonchev–Trinajstić information content (AvgIpc) is 2.74. The number of carbonyl (C=O) groups excluding carboxylic acids is 1. The zero-order valence-electron chi connectivity index (χ0n) is 7.06. The van der Waals surface area contributed by atoms with Crippen LogP contribution in [-0.4, -0.2) is 31.3 Å². The van der Waals surface area contributed by atoms with Crippen molar-refractivity contribution in [1.29, 1.82) is 0 Å².